The number of likely N-dealkylation sites (N-methyl/N-ethyl adjacent to an activating group) is 1. The molecule has 0 saturated heterocycles. The van der Waals surface area contributed by atoms with Crippen LogP contribution in [0.5, 0.6) is 0 Å². The van der Waals surface area contributed by atoms with Crippen molar-refractivity contribution in [2.75, 3.05) is 13.6 Å². The van der Waals surface area contributed by atoms with Gasteiger partial charge in [-0.25, -0.2) is 0 Å². The average molecular weight is 263 g/mol. The molecule has 0 bridgehead atoms. The molecule has 1 fully saturated rings. The number of rotatable bonds is 4. The van der Waals surface area contributed by atoms with Gasteiger partial charge in [-0.05, 0) is 30.5 Å². The third-order valence-electron chi connectivity index (χ3n) is 3.44. The van der Waals surface area contributed by atoms with Crippen molar-refractivity contribution in [3.63, 3.8) is 0 Å². The molecular formula is C14H15ClN2O. The Labute approximate surface area is 112 Å². The number of hydrogen-bond donors (Lipinski definition) is 0. The predicted octanol–water partition coefficient (Wildman–Crippen LogP) is 2.74. The summed E-state index contributed by atoms with van der Waals surface area (Å²) >= 11 is 5.98. The molecule has 3 nitrogen and oxygen atoms in total. The zero-order valence-corrected chi connectivity index (χ0v) is 11.1. The molecular weight excluding hydrogens is 248 g/mol. The van der Waals surface area contributed by atoms with Crippen LogP contribution in [0, 0.1) is 11.3 Å². The fraction of sp³-hybridized carbons (Fsp3) is 0.429. The quantitative estimate of drug-likeness (QED) is 0.837. The van der Waals surface area contributed by atoms with Crippen LogP contribution in [0.1, 0.15) is 24.8 Å². The lowest BCUT2D eigenvalue weighted by Gasteiger charge is -2.23. The van der Waals surface area contributed by atoms with E-state index in [0.717, 1.165) is 18.4 Å². The monoisotopic (exact) mass is 262 g/mol. The van der Waals surface area contributed by atoms with E-state index in [1.54, 1.807) is 11.9 Å². The minimum absolute atomic E-state index is 0.0972. The van der Waals surface area contributed by atoms with E-state index in [1.165, 1.54) is 0 Å². The first kappa shape index (κ1) is 12.9. The van der Waals surface area contributed by atoms with Crippen LogP contribution in [0.2, 0.25) is 5.02 Å². The molecule has 0 heterocycles. The molecule has 0 N–H and O–H groups in total. The van der Waals surface area contributed by atoms with Crippen molar-refractivity contribution in [1.29, 1.82) is 5.26 Å². The number of nitriles is 1. The second-order valence-corrected chi connectivity index (χ2v) is 5.16. The highest BCUT2D eigenvalue weighted by Crippen LogP contribution is 2.49. The van der Waals surface area contributed by atoms with Gasteiger partial charge in [-0.15, -0.1) is 0 Å². The van der Waals surface area contributed by atoms with Crippen LogP contribution in [-0.4, -0.2) is 24.4 Å². The standard InChI is InChI=1S/C14H15ClN2O/c1-17(9-3-8-16)13(18)14(6-7-14)11-4-2-5-12(15)10-11/h2,4-5,10H,3,6-7,9H2,1H3. The van der Waals surface area contributed by atoms with Gasteiger partial charge in [-0.2, -0.15) is 5.26 Å². The lowest BCUT2D eigenvalue weighted by Crippen LogP contribution is -2.37. The molecule has 0 aliphatic heterocycles. The molecule has 94 valence electrons. The number of hydrogen-bond acceptors (Lipinski definition) is 2. The van der Waals surface area contributed by atoms with E-state index in [4.69, 9.17) is 16.9 Å². The Hall–Kier alpha value is -1.53. The first-order valence-electron chi connectivity index (χ1n) is 5.99. The normalized spacial score (nSPS) is 15.8. The van der Waals surface area contributed by atoms with Gasteiger partial charge in [0, 0.05) is 18.6 Å². The summed E-state index contributed by atoms with van der Waals surface area (Å²) < 4.78 is 0. The maximum atomic E-state index is 12.4. The fourth-order valence-corrected chi connectivity index (χ4v) is 2.41. The summed E-state index contributed by atoms with van der Waals surface area (Å²) in [5.74, 6) is 0.0972. The van der Waals surface area contributed by atoms with Crippen molar-refractivity contribution >= 4 is 17.5 Å². The van der Waals surface area contributed by atoms with Crippen LogP contribution in [0.4, 0.5) is 0 Å². The smallest absolute Gasteiger partial charge is 0.232 e. The summed E-state index contributed by atoms with van der Waals surface area (Å²) in [5.41, 5.74) is 0.596. The number of nitrogens with zero attached hydrogens (tertiary/aromatic N) is 2. The molecule has 2 rings (SSSR count). The summed E-state index contributed by atoms with van der Waals surface area (Å²) in [6.45, 7) is 0.484. The number of carbonyl (C=O) groups excluding carboxylic acids is 1. The van der Waals surface area contributed by atoms with Crippen LogP contribution in [0.15, 0.2) is 24.3 Å². The highest BCUT2D eigenvalue weighted by Gasteiger charge is 2.52. The van der Waals surface area contributed by atoms with Gasteiger partial charge in [0.05, 0.1) is 17.9 Å². The van der Waals surface area contributed by atoms with Crippen LogP contribution in [0.3, 0.4) is 0 Å². The van der Waals surface area contributed by atoms with Gasteiger partial charge < -0.3 is 4.90 Å². The fourth-order valence-electron chi connectivity index (χ4n) is 2.22. The molecule has 0 aromatic heterocycles. The largest absolute Gasteiger partial charge is 0.344 e. The maximum Gasteiger partial charge on any atom is 0.232 e. The Balaban J connectivity index is 2.17. The van der Waals surface area contributed by atoms with Gasteiger partial charge in [-0.1, -0.05) is 23.7 Å². The van der Waals surface area contributed by atoms with Crippen molar-refractivity contribution < 1.29 is 4.79 Å². The molecule has 1 saturated carbocycles. The van der Waals surface area contributed by atoms with Gasteiger partial charge in [0.2, 0.25) is 5.91 Å². The minimum Gasteiger partial charge on any atom is -0.344 e. The van der Waals surface area contributed by atoms with E-state index >= 15 is 0 Å². The minimum atomic E-state index is -0.394. The van der Waals surface area contributed by atoms with Crippen LogP contribution in [0.25, 0.3) is 0 Å². The maximum absolute atomic E-state index is 12.4. The lowest BCUT2D eigenvalue weighted by molar-refractivity contribution is -0.132. The molecule has 0 unspecified atom stereocenters. The second kappa shape index (κ2) is 4.99. The third-order valence-corrected chi connectivity index (χ3v) is 3.68. The van der Waals surface area contributed by atoms with Gasteiger partial charge in [0.1, 0.15) is 0 Å². The lowest BCUT2D eigenvalue weighted by atomic mass is 9.94. The molecule has 0 atom stereocenters. The number of carbonyl (C=O) groups is 1. The Bertz CT molecular complexity index is 503. The van der Waals surface area contributed by atoms with Gasteiger partial charge in [0.25, 0.3) is 0 Å². The van der Waals surface area contributed by atoms with Crippen molar-refractivity contribution in [2.45, 2.75) is 24.7 Å². The predicted molar refractivity (Wildman–Crippen MR) is 70.2 cm³/mol. The van der Waals surface area contributed by atoms with Gasteiger partial charge >= 0.3 is 0 Å². The Morgan fingerprint density at radius 3 is 2.83 bits per heavy atom. The van der Waals surface area contributed by atoms with E-state index in [-0.39, 0.29) is 5.91 Å². The molecule has 0 radical (unpaired) electrons. The topological polar surface area (TPSA) is 44.1 Å². The van der Waals surface area contributed by atoms with Gasteiger partial charge in [0.15, 0.2) is 0 Å². The van der Waals surface area contributed by atoms with E-state index < -0.39 is 5.41 Å². The van der Waals surface area contributed by atoms with E-state index in [0.29, 0.717) is 18.0 Å². The first-order valence-corrected chi connectivity index (χ1v) is 6.36. The summed E-state index contributed by atoms with van der Waals surface area (Å²) in [7, 11) is 1.75. The van der Waals surface area contributed by atoms with Crippen molar-refractivity contribution in [1.82, 2.24) is 4.90 Å². The Morgan fingerprint density at radius 1 is 1.56 bits per heavy atom. The van der Waals surface area contributed by atoms with E-state index in [9.17, 15) is 4.79 Å². The number of halogens is 1. The molecule has 4 heteroatoms. The van der Waals surface area contributed by atoms with Crippen molar-refractivity contribution in [2.24, 2.45) is 0 Å². The van der Waals surface area contributed by atoms with Gasteiger partial charge in [-0.3, -0.25) is 4.79 Å². The third kappa shape index (κ3) is 2.34. The molecule has 1 amide bonds. The first-order chi connectivity index (χ1) is 8.60. The highest BCUT2D eigenvalue weighted by atomic mass is 35.5. The summed E-state index contributed by atoms with van der Waals surface area (Å²) in [5, 5.41) is 9.22. The average Bonchev–Trinajstić information content (AvgIpc) is 3.16. The van der Waals surface area contributed by atoms with Crippen molar-refractivity contribution in [3.05, 3.63) is 34.9 Å². The summed E-state index contributed by atoms with van der Waals surface area (Å²) in [6, 6.07) is 9.56. The highest BCUT2D eigenvalue weighted by molar-refractivity contribution is 6.30. The Kier molecular flexibility index (Phi) is 3.58. The van der Waals surface area contributed by atoms with Crippen LogP contribution in [-0.2, 0) is 10.2 Å². The summed E-state index contributed by atoms with van der Waals surface area (Å²) in [4.78, 5) is 14.1. The van der Waals surface area contributed by atoms with E-state index in [1.807, 2.05) is 24.3 Å². The molecule has 0 spiro atoms. The summed E-state index contributed by atoms with van der Waals surface area (Å²) in [6.07, 6.45) is 2.10. The zero-order chi connectivity index (χ0) is 13.2. The molecule has 1 aromatic rings. The molecule has 1 aliphatic rings. The Morgan fingerprint density at radius 2 is 2.28 bits per heavy atom. The molecule has 1 aliphatic carbocycles. The zero-order valence-electron chi connectivity index (χ0n) is 10.3. The molecule has 1 aromatic carbocycles. The van der Waals surface area contributed by atoms with Crippen molar-refractivity contribution in [3.8, 4) is 6.07 Å². The molecule has 18 heavy (non-hydrogen) atoms. The van der Waals surface area contributed by atoms with Crippen LogP contribution >= 0.6 is 11.6 Å². The SMILES string of the molecule is CN(CCC#N)C(=O)C1(c2cccc(Cl)c2)CC1. The number of benzene rings is 1. The van der Waals surface area contributed by atoms with E-state index in [2.05, 4.69) is 6.07 Å². The number of amides is 1. The second-order valence-electron chi connectivity index (χ2n) is 4.73. The van der Waals surface area contributed by atoms with Crippen LogP contribution < -0.4 is 0 Å².